The number of nitriles is 1. The molecule has 0 N–H and O–H groups in total. The third kappa shape index (κ3) is 2.36. The lowest BCUT2D eigenvalue weighted by Crippen LogP contribution is -1.83. The van der Waals surface area contributed by atoms with Gasteiger partial charge >= 0.3 is 0 Å². The minimum absolute atomic E-state index is 0.330. The molecule has 1 heterocycles. The van der Waals surface area contributed by atoms with Gasteiger partial charge in [-0.1, -0.05) is 12.1 Å². The fourth-order valence-electron chi connectivity index (χ4n) is 1.36. The lowest BCUT2D eigenvalue weighted by Gasteiger charge is -1.98. The van der Waals surface area contributed by atoms with Crippen LogP contribution in [0.25, 0.3) is 11.6 Å². The van der Waals surface area contributed by atoms with Gasteiger partial charge in [0, 0.05) is 0 Å². The first-order valence-electron chi connectivity index (χ1n) is 4.69. The van der Waals surface area contributed by atoms with Crippen molar-refractivity contribution in [3.05, 3.63) is 58.0 Å². The standard InChI is InChI=1S/C13H8FNS/c14-13-3-1-2-11(7-13)12(8-15)6-10-4-5-16-9-10/h1-7,9H/b12-6-. The van der Waals surface area contributed by atoms with E-state index >= 15 is 0 Å². The van der Waals surface area contributed by atoms with Crippen molar-refractivity contribution >= 4 is 23.0 Å². The second-order valence-electron chi connectivity index (χ2n) is 3.24. The molecule has 0 spiro atoms. The van der Waals surface area contributed by atoms with Gasteiger partial charge < -0.3 is 0 Å². The Bertz CT molecular complexity index is 550. The number of benzene rings is 1. The smallest absolute Gasteiger partial charge is 0.123 e. The topological polar surface area (TPSA) is 23.8 Å². The summed E-state index contributed by atoms with van der Waals surface area (Å²) in [6.45, 7) is 0. The van der Waals surface area contributed by atoms with Gasteiger partial charge in [-0.15, -0.1) is 0 Å². The van der Waals surface area contributed by atoms with Gasteiger partial charge in [0.15, 0.2) is 0 Å². The zero-order valence-electron chi connectivity index (χ0n) is 8.35. The van der Waals surface area contributed by atoms with Gasteiger partial charge in [0.1, 0.15) is 5.82 Å². The minimum Gasteiger partial charge on any atom is -0.207 e. The summed E-state index contributed by atoms with van der Waals surface area (Å²) in [5.74, 6) is -0.330. The molecule has 3 heteroatoms. The average molecular weight is 229 g/mol. The fraction of sp³-hybridized carbons (Fsp3) is 0. The maximum absolute atomic E-state index is 13.0. The summed E-state index contributed by atoms with van der Waals surface area (Å²) in [6.07, 6.45) is 1.76. The number of rotatable bonds is 2. The Kier molecular flexibility index (Phi) is 3.13. The summed E-state index contributed by atoms with van der Waals surface area (Å²) in [4.78, 5) is 0. The molecule has 1 aromatic heterocycles. The highest BCUT2D eigenvalue weighted by molar-refractivity contribution is 7.08. The number of thiophene rings is 1. The van der Waals surface area contributed by atoms with E-state index in [9.17, 15) is 4.39 Å². The van der Waals surface area contributed by atoms with Crippen LogP contribution < -0.4 is 0 Å². The largest absolute Gasteiger partial charge is 0.207 e. The molecule has 0 aliphatic rings. The molecule has 0 aliphatic carbocycles. The van der Waals surface area contributed by atoms with Crippen molar-refractivity contribution < 1.29 is 4.39 Å². The molecule has 0 aliphatic heterocycles. The molecule has 78 valence electrons. The molecule has 2 aromatic rings. The molecule has 0 radical (unpaired) electrons. The number of halogens is 1. The van der Waals surface area contributed by atoms with E-state index in [1.54, 1.807) is 29.5 Å². The van der Waals surface area contributed by atoms with E-state index in [4.69, 9.17) is 5.26 Å². The third-order valence-electron chi connectivity index (χ3n) is 2.11. The van der Waals surface area contributed by atoms with E-state index in [1.807, 2.05) is 16.8 Å². The third-order valence-corrected chi connectivity index (χ3v) is 2.81. The molecule has 1 nitrogen and oxygen atoms in total. The highest BCUT2D eigenvalue weighted by Crippen LogP contribution is 2.19. The highest BCUT2D eigenvalue weighted by atomic mass is 32.1. The predicted octanol–water partition coefficient (Wildman–Crippen LogP) is 3.95. The summed E-state index contributed by atoms with van der Waals surface area (Å²) in [7, 11) is 0. The van der Waals surface area contributed by atoms with Crippen LogP contribution >= 0.6 is 11.3 Å². The molecule has 0 bridgehead atoms. The van der Waals surface area contributed by atoms with Gasteiger partial charge in [-0.3, -0.25) is 0 Å². The van der Waals surface area contributed by atoms with Crippen molar-refractivity contribution in [1.29, 1.82) is 5.26 Å². The van der Waals surface area contributed by atoms with E-state index < -0.39 is 0 Å². The maximum Gasteiger partial charge on any atom is 0.123 e. The van der Waals surface area contributed by atoms with Crippen molar-refractivity contribution in [2.24, 2.45) is 0 Å². The summed E-state index contributed by atoms with van der Waals surface area (Å²) in [5, 5.41) is 12.9. The zero-order chi connectivity index (χ0) is 11.4. The van der Waals surface area contributed by atoms with Crippen LogP contribution in [0.1, 0.15) is 11.1 Å². The van der Waals surface area contributed by atoms with Gasteiger partial charge in [-0.05, 0) is 46.2 Å². The van der Waals surface area contributed by atoms with Gasteiger partial charge in [0.05, 0.1) is 11.6 Å². The second kappa shape index (κ2) is 4.73. The van der Waals surface area contributed by atoms with Crippen molar-refractivity contribution in [2.45, 2.75) is 0 Å². The molecule has 0 amide bonds. The lowest BCUT2D eigenvalue weighted by atomic mass is 10.1. The highest BCUT2D eigenvalue weighted by Gasteiger charge is 2.02. The number of nitrogens with zero attached hydrogens (tertiary/aromatic N) is 1. The second-order valence-corrected chi connectivity index (χ2v) is 4.02. The molecular formula is C13H8FNS. The van der Waals surface area contributed by atoms with Gasteiger partial charge in [-0.25, -0.2) is 4.39 Å². The average Bonchev–Trinajstić information content (AvgIpc) is 2.78. The molecule has 0 atom stereocenters. The first-order chi connectivity index (χ1) is 7.79. The summed E-state index contributed by atoms with van der Waals surface area (Å²) >= 11 is 1.56. The molecule has 0 saturated heterocycles. The lowest BCUT2D eigenvalue weighted by molar-refractivity contribution is 0.627. The Labute approximate surface area is 97.1 Å². The molecule has 1 aromatic carbocycles. The van der Waals surface area contributed by atoms with Crippen LogP contribution in [0.2, 0.25) is 0 Å². The van der Waals surface area contributed by atoms with Crippen molar-refractivity contribution in [1.82, 2.24) is 0 Å². The van der Waals surface area contributed by atoms with E-state index in [2.05, 4.69) is 6.07 Å². The number of hydrogen-bond acceptors (Lipinski definition) is 2. The molecule has 0 fully saturated rings. The number of hydrogen-bond donors (Lipinski definition) is 0. The maximum atomic E-state index is 13.0. The summed E-state index contributed by atoms with van der Waals surface area (Å²) < 4.78 is 13.0. The van der Waals surface area contributed by atoms with Crippen molar-refractivity contribution in [3.63, 3.8) is 0 Å². The Morgan fingerprint density at radius 3 is 2.88 bits per heavy atom. The molecule has 0 unspecified atom stereocenters. The molecule has 2 rings (SSSR count). The van der Waals surface area contributed by atoms with Crippen LogP contribution in [0.15, 0.2) is 41.1 Å². The van der Waals surface area contributed by atoms with Crippen LogP contribution in [0.3, 0.4) is 0 Å². The van der Waals surface area contributed by atoms with Crippen LogP contribution in [-0.4, -0.2) is 0 Å². The fourth-order valence-corrected chi connectivity index (χ4v) is 1.98. The molecular weight excluding hydrogens is 221 g/mol. The normalized spacial score (nSPS) is 11.1. The van der Waals surface area contributed by atoms with Crippen molar-refractivity contribution in [3.8, 4) is 6.07 Å². The van der Waals surface area contributed by atoms with Crippen LogP contribution in [-0.2, 0) is 0 Å². The Balaban J connectivity index is 2.41. The molecule has 16 heavy (non-hydrogen) atoms. The predicted molar refractivity (Wildman–Crippen MR) is 64.2 cm³/mol. The van der Waals surface area contributed by atoms with Gasteiger partial charge in [0.25, 0.3) is 0 Å². The zero-order valence-corrected chi connectivity index (χ0v) is 9.17. The monoisotopic (exact) mass is 229 g/mol. The first-order valence-corrected chi connectivity index (χ1v) is 5.64. The van der Waals surface area contributed by atoms with Gasteiger partial charge in [-0.2, -0.15) is 16.6 Å². The molecule has 0 saturated carbocycles. The Morgan fingerprint density at radius 2 is 2.25 bits per heavy atom. The quantitative estimate of drug-likeness (QED) is 0.715. The van der Waals surface area contributed by atoms with E-state index in [-0.39, 0.29) is 5.82 Å². The SMILES string of the molecule is N#C/C(=C/c1ccsc1)c1cccc(F)c1. The van der Waals surface area contributed by atoms with Crippen LogP contribution in [0.4, 0.5) is 4.39 Å². The number of allylic oxidation sites excluding steroid dienone is 1. The Hall–Kier alpha value is -1.92. The van der Waals surface area contributed by atoms with E-state index in [1.165, 1.54) is 12.1 Å². The van der Waals surface area contributed by atoms with Crippen LogP contribution in [0.5, 0.6) is 0 Å². The van der Waals surface area contributed by atoms with E-state index in [0.717, 1.165) is 5.56 Å². The summed E-state index contributed by atoms with van der Waals surface area (Å²) in [6, 6.07) is 10.1. The van der Waals surface area contributed by atoms with Crippen LogP contribution in [0, 0.1) is 17.1 Å². The van der Waals surface area contributed by atoms with Gasteiger partial charge in [0.2, 0.25) is 0 Å². The minimum atomic E-state index is -0.330. The Morgan fingerprint density at radius 1 is 1.38 bits per heavy atom. The first kappa shape index (κ1) is 10.6. The summed E-state index contributed by atoms with van der Waals surface area (Å²) in [5.41, 5.74) is 2.04. The van der Waals surface area contributed by atoms with E-state index in [0.29, 0.717) is 11.1 Å². The van der Waals surface area contributed by atoms with Crippen molar-refractivity contribution in [2.75, 3.05) is 0 Å².